The molecular weight excluding hydrogens is 578 g/mol. The minimum Gasteiger partial charge on any atom is -0.478 e. The van der Waals surface area contributed by atoms with Crippen molar-refractivity contribution in [3.8, 4) is 17.1 Å². The van der Waals surface area contributed by atoms with E-state index in [-0.39, 0.29) is 12.2 Å². The highest BCUT2D eigenvalue weighted by Crippen LogP contribution is 2.30. The molecule has 42 heavy (non-hydrogen) atoms. The second-order valence-electron chi connectivity index (χ2n) is 9.69. The Morgan fingerprint density at radius 2 is 1.86 bits per heavy atom. The molecule has 3 aromatic heterocycles. The fraction of sp³-hybridized carbons (Fsp3) is 0.0938. The fourth-order valence-corrected chi connectivity index (χ4v) is 5.21. The number of aromatic carboxylic acids is 1. The van der Waals surface area contributed by atoms with Gasteiger partial charge in [0.2, 0.25) is 5.88 Å². The molecule has 2 N–H and O–H groups in total. The topological polar surface area (TPSA) is 93.0 Å². The molecule has 3 heterocycles. The first-order valence-electron chi connectivity index (χ1n) is 13.0. The maximum absolute atomic E-state index is 14.1. The molecule has 0 aliphatic carbocycles. The van der Waals surface area contributed by atoms with E-state index >= 15 is 0 Å². The van der Waals surface area contributed by atoms with Crippen LogP contribution in [-0.2, 0) is 19.6 Å². The summed E-state index contributed by atoms with van der Waals surface area (Å²) in [7, 11) is 0. The summed E-state index contributed by atoms with van der Waals surface area (Å²) in [6.45, 7) is 0.508. The second-order valence-corrected chi connectivity index (χ2v) is 10.5. The third-order valence-corrected chi connectivity index (χ3v) is 7.40. The predicted octanol–water partition coefficient (Wildman–Crippen LogP) is 7.79. The van der Waals surface area contributed by atoms with Crippen LogP contribution >= 0.6 is 23.2 Å². The van der Waals surface area contributed by atoms with Crippen LogP contribution in [0, 0.1) is 5.82 Å². The average molecular weight is 601 g/mol. The number of H-pyrrole nitrogens is 1. The number of carbonyl (C=O) groups is 1. The Bertz CT molecular complexity index is 1920. The molecule has 0 atom stereocenters. The number of rotatable bonds is 9. The first-order valence-corrected chi connectivity index (χ1v) is 13.8. The zero-order valence-electron chi connectivity index (χ0n) is 22.0. The summed E-state index contributed by atoms with van der Waals surface area (Å²) in [4.78, 5) is 24.2. The third kappa shape index (κ3) is 5.86. The van der Waals surface area contributed by atoms with Gasteiger partial charge in [-0.1, -0.05) is 47.5 Å². The number of imidazole rings is 1. The molecule has 7 nitrogen and oxygen atoms in total. The number of hydrogen-bond donors (Lipinski definition) is 2. The molecule has 0 bridgehead atoms. The third-order valence-electron chi connectivity index (χ3n) is 6.85. The smallest absolute Gasteiger partial charge is 0.335 e. The number of aromatic nitrogens is 4. The Labute approximate surface area is 250 Å². The van der Waals surface area contributed by atoms with Gasteiger partial charge in [0.25, 0.3) is 0 Å². The normalized spacial score (nSPS) is 11.2. The van der Waals surface area contributed by atoms with Gasteiger partial charge in [-0.2, -0.15) is 0 Å². The number of ether oxygens (including phenoxy) is 1. The molecule has 10 heteroatoms. The van der Waals surface area contributed by atoms with Gasteiger partial charge in [0.05, 0.1) is 33.9 Å². The van der Waals surface area contributed by atoms with Gasteiger partial charge in [-0.15, -0.1) is 0 Å². The van der Waals surface area contributed by atoms with Crippen molar-refractivity contribution in [2.75, 3.05) is 0 Å². The van der Waals surface area contributed by atoms with Crippen LogP contribution in [0.2, 0.25) is 10.0 Å². The van der Waals surface area contributed by atoms with E-state index in [2.05, 4.69) is 9.97 Å². The summed E-state index contributed by atoms with van der Waals surface area (Å²) in [5, 5.41) is 10.3. The van der Waals surface area contributed by atoms with Gasteiger partial charge in [-0.25, -0.2) is 19.2 Å². The lowest BCUT2D eigenvalue weighted by atomic mass is 10.1. The molecule has 6 rings (SSSR count). The summed E-state index contributed by atoms with van der Waals surface area (Å²) >= 11 is 12.6. The van der Waals surface area contributed by atoms with Crippen molar-refractivity contribution in [2.24, 2.45) is 0 Å². The van der Waals surface area contributed by atoms with E-state index in [9.17, 15) is 14.3 Å². The van der Waals surface area contributed by atoms with Crippen LogP contribution in [0.1, 0.15) is 33.0 Å². The summed E-state index contributed by atoms with van der Waals surface area (Å²) < 4.78 is 21.9. The van der Waals surface area contributed by atoms with E-state index < -0.39 is 11.8 Å². The molecule has 0 spiro atoms. The van der Waals surface area contributed by atoms with Gasteiger partial charge in [-0.3, -0.25) is 0 Å². The van der Waals surface area contributed by atoms with E-state index in [0.29, 0.717) is 45.7 Å². The standard InChI is InChI=1S/C32H23Cl2FN4O3/c33-22-9-7-21(26(35)16-22)18-42-31-5-1-4-27(38-31)24-10-6-19(13-25(24)34)14-30-37-28-11-8-20(32(40)41)15-29(28)39(30)17-23-3-2-12-36-23/h1-13,15-16,36H,14,17-18H2,(H,40,41). The molecule has 0 fully saturated rings. The molecular formula is C32H23Cl2FN4O3. The van der Waals surface area contributed by atoms with Crippen LogP contribution in [0.3, 0.4) is 0 Å². The van der Waals surface area contributed by atoms with Crippen LogP contribution in [-0.4, -0.2) is 30.6 Å². The lowest BCUT2D eigenvalue weighted by Crippen LogP contribution is -2.07. The van der Waals surface area contributed by atoms with Crippen LogP contribution in [0.25, 0.3) is 22.3 Å². The van der Waals surface area contributed by atoms with E-state index in [1.807, 2.05) is 47.2 Å². The Kier molecular flexibility index (Phi) is 7.65. The van der Waals surface area contributed by atoms with Crippen molar-refractivity contribution in [1.82, 2.24) is 19.5 Å². The van der Waals surface area contributed by atoms with Crippen molar-refractivity contribution >= 4 is 40.2 Å². The Morgan fingerprint density at radius 3 is 2.62 bits per heavy atom. The molecule has 0 aliphatic rings. The Balaban J connectivity index is 1.25. The number of aromatic amines is 1. The van der Waals surface area contributed by atoms with Crippen molar-refractivity contribution in [3.05, 3.63) is 135 Å². The summed E-state index contributed by atoms with van der Waals surface area (Å²) in [5.41, 5.74) is 5.25. The molecule has 3 aromatic carbocycles. The molecule has 0 aliphatic heterocycles. The number of nitrogens with zero attached hydrogens (tertiary/aromatic N) is 3. The molecule has 0 unspecified atom stereocenters. The van der Waals surface area contributed by atoms with Crippen LogP contribution in [0.4, 0.5) is 4.39 Å². The zero-order chi connectivity index (χ0) is 29.2. The molecule has 0 radical (unpaired) electrons. The van der Waals surface area contributed by atoms with Crippen molar-refractivity contribution in [3.63, 3.8) is 0 Å². The summed E-state index contributed by atoms with van der Waals surface area (Å²) in [6, 6.07) is 24.3. The van der Waals surface area contributed by atoms with Gasteiger partial charge in [0, 0.05) is 40.5 Å². The number of fused-ring (bicyclic) bond motifs is 1. The van der Waals surface area contributed by atoms with Gasteiger partial charge < -0.3 is 19.4 Å². The zero-order valence-corrected chi connectivity index (χ0v) is 23.5. The molecule has 0 saturated heterocycles. The van der Waals surface area contributed by atoms with E-state index in [1.54, 1.807) is 42.5 Å². The fourth-order valence-electron chi connectivity index (χ4n) is 4.75. The van der Waals surface area contributed by atoms with Gasteiger partial charge in [-0.05, 0) is 60.2 Å². The van der Waals surface area contributed by atoms with Gasteiger partial charge >= 0.3 is 5.97 Å². The molecule has 210 valence electrons. The van der Waals surface area contributed by atoms with Crippen molar-refractivity contribution < 1.29 is 19.0 Å². The number of benzene rings is 3. The summed E-state index contributed by atoms with van der Waals surface area (Å²) in [6.07, 6.45) is 2.32. The lowest BCUT2D eigenvalue weighted by molar-refractivity contribution is 0.0697. The number of carboxylic acid groups (broad SMARTS) is 1. The van der Waals surface area contributed by atoms with Crippen molar-refractivity contribution in [2.45, 2.75) is 19.6 Å². The highest BCUT2D eigenvalue weighted by Gasteiger charge is 2.16. The first kappa shape index (κ1) is 27.5. The number of nitrogens with one attached hydrogen (secondary N) is 1. The lowest BCUT2D eigenvalue weighted by Gasteiger charge is -2.11. The van der Waals surface area contributed by atoms with E-state index in [4.69, 9.17) is 32.9 Å². The maximum Gasteiger partial charge on any atom is 0.335 e. The highest BCUT2D eigenvalue weighted by molar-refractivity contribution is 6.33. The van der Waals surface area contributed by atoms with E-state index in [0.717, 1.165) is 28.2 Å². The molecule has 0 saturated carbocycles. The molecule has 6 aromatic rings. The number of halogens is 3. The molecule has 0 amide bonds. The monoisotopic (exact) mass is 600 g/mol. The number of pyridine rings is 1. The predicted molar refractivity (Wildman–Crippen MR) is 160 cm³/mol. The highest BCUT2D eigenvalue weighted by atomic mass is 35.5. The van der Waals surface area contributed by atoms with Crippen LogP contribution in [0.15, 0.2) is 91.1 Å². The van der Waals surface area contributed by atoms with Crippen LogP contribution in [0.5, 0.6) is 5.88 Å². The largest absolute Gasteiger partial charge is 0.478 e. The van der Waals surface area contributed by atoms with Gasteiger partial charge in [0.1, 0.15) is 18.2 Å². The first-order chi connectivity index (χ1) is 20.3. The van der Waals surface area contributed by atoms with E-state index in [1.165, 1.54) is 6.07 Å². The Hall–Kier alpha value is -4.66. The van der Waals surface area contributed by atoms with Gasteiger partial charge in [0.15, 0.2) is 0 Å². The quantitative estimate of drug-likeness (QED) is 0.177. The second kappa shape index (κ2) is 11.7. The van der Waals surface area contributed by atoms with Crippen molar-refractivity contribution in [1.29, 1.82) is 0 Å². The van der Waals surface area contributed by atoms with Crippen LogP contribution < -0.4 is 4.74 Å². The maximum atomic E-state index is 14.1. The SMILES string of the molecule is O=C(O)c1ccc2nc(Cc3ccc(-c4cccc(OCc5ccc(Cl)cc5F)n4)c(Cl)c3)n(Cc3ccc[nH]3)c2c1. The Morgan fingerprint density at radius 1 is 0.976 bits per heavy atom. The number of carboxylic acids is 1. The minimum atomic E-state index is -0.992. The minimum absolute atomic E-state index is 0.00354. The summed E-state index contributed by atoms with van der Waals surface area (Å²) in [5.74, 6) is -0.329. The average Bonchev–Trinajstić information content (AvgIpc) is 3.61. The number of hydrogen-bond acceptors (Lipinski definition) is 4.